The Bertz CT molecular complexity index is 996. The molecule has 8 nitrogen and oxygen atoms in total. The molecule has 3 aromatic rings. The number of aldehydes is 1. The highest BCUT2D eigenvalue weighted by Gasteiger charge is 2.14. The van der Waals surface area contributed by atoms with Gasteiger partial charge in [0.1, 0.15) is 23.3 Å². The van der Waals surface area contributed by atoms with Crippen molar-refractivity contribution in [1.29, 1.82) is 0 Å². The van der Waals surface area contributed by atoms with Crippen LogP contribution in [-0.4, -0.2) is 41.5 Å². The predicted molar refractivity (Wildman–Crippen MR) is 117 cm³/mol. The number of ether oxygens (including phenoxy) is 2. The Kier molecular flexibility index (Phi) is 7.37. The first-order valence-electron chi connectivity index (χ1n) is 9.97. The summed E-state index contributed by atoms with van der Waals surface area (Å²) in [5.74, 6) is 2.42. The minimum Gasteiger partial charge on any atom is -0.497 e. The van der Waals surface area contributed by atoms with Crippen molar-refractivity contribution in [2.24, 2.45) is 0 Å². The molecule has 0 bridgehead atoms. The number of unbranched alkanes of at least 4 members (excludes halogenated alkanes) is 1. The van der Waals surface area contributed by atoms with Crippen LogP contribution >= 0.6 is 0 Å². The topological polar surface area (TPSA) is 98.3 Å². The fraction of sp³-hybridized carbons (Fsp3) is 0.364. The van der Waals surface area contributed by atoms with Gasteiger partial charge in [-0.25, -0.2) is 4.98 Å². The normalized spacial score (nSPS) is 11.7. The lowest BCUT2D eigenvalue weighted by Gasteiger charge is -2.16. The van der Waals surface area contributed by atoms with E-state index in [4.69, 9.17) is 9.47 Å². The van der Waals surface area contributed by atoms with Crippen LogP contribution in [0.15, 0.2) is 36.5 Å². The SMILES string of the molecule is CCCC[C@H](C=O)Nc1nc(NCc2ccc(OC)cc2OC)nc2cccnc12. The highest BCUT2D eigenvalue weighted by Crippen LogP contribution is 2.26. The second-order valence-corrected chi connectivity index (χ2v) is 6.83. The van der Waals surface area contributed by atoms with E-state index in [-0.39, 0.29) is 6.04 Å². The summed E-state index contributed by atoms with van der Waals surface area (Å²) in [5.41, 5.74) is 2.27. The lowest BCUT2D eigenvalue weighted by atomic mass is 10.1. The monoisotopic (exact) mass is 409 g/mol. The highest BCUT2D eigenvalue weighted by molar-refractivity contribution is 5.87. The average molecular weight is 409 g/mol. The van der Waals surface area contributed by atoms with Crippen molar-refractivity contribution in [1.82, 2.24) is 15.0 Å². The molecule has 0 amide bonds. The fourth-order valence-electron chi connectivity index (χ4n) is 3.09. The number of carbonyl (C=O) groups is 1. The molecule has 2 heterocycles. The van der Waals surface area contributed by atoms with Gasteiger partial charge in [0.25, 0.3) is 0 Å². The van der Waals surface area contributed by atoms with Gasteiger partial charge in [-0.15, -0.1) is 0 Å². The average Bonchev–Trinajstić information content (AvgIpc) is 2.80. The summed E-state index contributed by atoms with van der Waals surface area (Å²) in [6.45, 7) is 2.56. The Labute approximate surface area is 176 Å². The van der Waals surface area contributed by atoms with Gasteiger partial charge in [0.2, 0.25) is 5.95 Å². The number of nitrogens with one attached hydrogen (secondary N) is 2. The molecule has 3 rings (SSSR count). The maximum Gasteiger partial charge on any atom is 0.225 e. The number of carbonyl (C=O) groups excluding carboxylic acids is 1. The number of benzene rings is 1. The van der Waals surface area contributed by atoms with E-state index in [9.17, 15) is 4.79 Å². The summed E-state index contributed by atoms with van der Waals surface area (Å²) < 4.78 is 10.7. The molecule has 0 saturated heterocycles. The van der Waals surface area contributed by atoms with Crippen molar-refractivity contribution in [2.75, 3.05) is 24.9 Å². The summed E-state index contributed by atoms with van der Waals surface area (Å²) >= 11 is 0. The van der Waals surface area contributed by atoms with Gasteiger partial charge in [0.15, 0.2) is 5.82 Å². The number of methoxy groups -OCH3 is 2. The fourth-order valence-corrected chi connectivity index (χ4v) is 3.09. The highest BCUT2D eigenvalue weighted by atomic mass is 16.5. The Morgan fingerprint density at radius 3 is 2.77 bits per heavy atom. The van der Waals surface area contributed by atoms with Crippen molar-refractivity contribution in [3.63, 3.8) is 0 Å². The minimum atomic E-state index is -0.320. The molecule has 30 heavy (non-hydrogen) atoms. The molecule has 8 heteroatoms. The van der Waals surface area contributed by atoms with Crippen LogP contribution in [-0.2, 0) is 11.3 Å². The number of nitrogens with zero attached hydrogens (tertiary/aromatic N) is 3. The standard InChI is InChI=1S/C22H27N5O3/c1-4-5-7-16(14-28)25-21-20-18(8-6-11-23-20)26-22(27-21)24-13-15-9-10-17(29-2)12-19(15)30-3/h6,8-12,14,16H,4-5,7,13H2,1-3H3,(H2,24,25,26,27)/t16-/m1/s1. The Morgan fingerprint density at radius 2 is 2.03 bits per heavy atom. The Morgan fingerprint density at radius 1 is 1.17 bits per heavy atom. The third kappa shape index (κ3) is 5.14. The molecule has 0 radical (unpaired) electrons. The third-order valence-electron chi connectivity index (χ3n) is 4.74. The zero-order valence-corrected chi connectivity index (χ0v) is 17.5. The molecule has 0 aliphatic rings. The molecule has 0 fully saturated rings. The molecular weight excluding hydrogens is 382 g/mol. The Hall–Kier alpha value is -3.42. The maximum atomic E-state index is 11.5. The van der Waals surface area contributed by atoms with E-state index >= 15 is 0 Å². The van der Waals surface area contributed by atoms with Gasteiger partial charge in [0, 0.05) is 24.4 Å². The van der Waals surface area contributed by atoms with Crippen molar-refractivity contribution in [2.45, 2.75) is 38.8 Å². The van der Waals surface area contributed by atoms with Gasteiger partial charge >= 0.3 is 0 Å². The molecule has 0 spiro atoms. The van der Waals surface area contributed by atoms with Crippen LogP contribution in [0.1, 0.15) is 31.7 Å². The first-order valence-corrected chi connectivity index (χ1v) is 9.97. The smallest absolute Gasteiger partial charge is 0.225 e. The van der Waals surface area contributed by atoms with Crippen LogP contribution in [0.25, 0.3) is 11.0 Å². The van der Waals surface area contributed by atoms with Crippen molar-refractivity contribution >= 4 is 29.1 Å². The zero-order valence-electron chi connectivity index (χ0n) is 17.5. The van der Waals surface area contributed by atoms with E-state index in [1.54, 1.807) is 20.4 Å². The lowest BCUT2D eigenvalue weighted by molar-refractivity contribution is -0.108. The second-order valence-electron chi connectivity index (χ2n) is 6.83. The van der Waals surface area contributed by atoms with Crippen molar-refractivity contribution < 1.29 is 14.3 Å². The Balaban J connectivity index is 1.85. The van der Waals surface area contributed by atoms with Gasteiger partial charge in [0.05, 0.1) is 25.8 Å². The molecule has 0 saturated carbocycles. The first-order chi connectivity index (χ1) is 14.7. The third-order valence-corrected chi connectivity index (χ3v) is 4.74. The minimum absolute atomic E-state index is 0.320. The van der Waals surface area contributed by atoms with E-state index in [1.165, 1.54) is 0 Å². The van der Waals surface area contributed by atoms with Crippen LogP contribution in [0.2, 0.25) is 0 Å². The largest absolute Gasteiger partial charge is 0.497 e. The second kappa shape index (κ2) is 10.4. The molecule has 1 aromatic carbocycles. The molecule has 2 N–H and O–H groups in total. The van der Waals surface area contributed by atoms with Crippen LogP contribution < -0.4 is 20.1 Å². The molecular formula is C22H27N5O3. The van der Waals surface area contributed by atoms with E-state index < -0.39 is 0 Å². The van der Waals surface area contributed by atoms with Crippen LogP contribution in [0.5, 0.6) is 11.5 Å². The molecule has 1 atom stereocenters. The summed E-state index contributed by atoms with van der Waals surface area (Å²) in [7, 11) is 3.24. The predicted octanol–water partition coefficient (Wildman–Crippen LogP) is 3.82. The summed E-state index contributed by atoms with van der Waals surface area (Å²) in [6, 6.07) is 9.01. The number of pyridine rings is 1. The lowest BCUT2D eigenvalue weighted by Crippen LogP contribution is -2.22. The number of hydrogen-bond acceptors (Lipinski definition) is 8. The molecule has 0 aliphatic heterocycles. The van der Waals surface area contributed by atoms with Gasteiger partial charge < -0.3 is 24.9 Å². The summed E-state index contributed by atoms with van der Waals surface area (Å²) in [5, 5.41) is 6.46. The van der Waals surface area contributed by atoms with Crippen molar-refractivity contribution in [3.05, 3.63) is 42.1 Å². The first kappa shape index (κ1) is 21.3. The summed E-state index contributed by atoms with van der Waals surface area (Å²) in [6.07, 6.45) is 5.32. The van der Waals surface area contributed by atoms with Gasteiger partial charge in [-0.1, -0.05) is 19.8 Å². The molecule has 0 aliphatic carbocycles. The van der Waals surface area contributed by atoms with E-state index in [2.05, 4.69) is 32.5 Å². The number of anilines is 2. The van der Waals surface area contributed by atoms with Crippen LogP contribution in [0, 0.1) is 0 Å². The maximum absolute atomic E-state index is 11.5. The molecule has 2 aromatic heterocycles. The van der Waals surface area contributed by atoms with Crippen LogP contribution in [0.4, 0.5) is 11.8 Å². The van der Waals surface area contributed by atoms with Crippen molar-refractivity contribution in [3.8, 4) is 11.5 Å². The number of rotatable bonds is 11. The quantitative estimate of drug-likeness (QED) is 0.461. The molecule has 0 unspecified atom stereocenters. The van der Waals surface area contributed by atoms with Gasteiger partial charge in [-0.05, 0) is 30.7 Å². The van der Waals surface area contributed by atoms with E-state index in [0.29, 0.717) is 35.1 Å². The zero-order chi connectivity index (χ0) is 21.3. The van der Waals surface area contributed by atoms with Gasteiger partial charge in [-0.3, -0.25) is 4.98 Å². The number of hydrogen-bond donors (Lipinski definition) is 2. The number of fused-ring (bicyclic) bond motifs is 1. The van der Waals surface area contributed by atoms with E-state index in [0.717, 1.165) is 36.9 Å². The molecule has 158 valence electrons. The summed E-state index contributed by atoms with van der Waals surface area (Å²) in [4.78, 5) is 25.0. The van der Waals surface area contributed by atoms with E-state index in [1.807, 2.05) is 30.3 Å². The number of aromatic nitrogens is 3. The van der Waals surface area contributed by atoms with Gasteiger partial charge in [-0.2, -0.15) is 4.98 Å². The van der Waals surface area contributed by atoms with Crippen LogP contribution in [0.3, 0.4) is 0 Å².